The Morgan fingerprint density at radius 3 is 2.75 bits per heavy atom. The molecule has 1 amide bonds. The van der Waals surface area contributed by atoms with Crippen LogP contribution in [0.3, 0.4) is 0 Å². The number of hydrogen-bond donors (Lipinski definition) is 1. The van der Waals surface area contributed by atoms with Gasteiger partial charge in [-0.2, -0.15) is 0 Å². The first-order valence-corrected chi connectivity index (χ1v) is 7.89. The molecule has 0 saturated carbocycles. The van der Waals surface area contributed by atoms with Gasteiger partial charge in [0, 0.05) is 28.9 Å². The lowest BCUT2D eigenvalue weighted by atomic mass is 9.75. The Balaban J connectivity index is 1.72. The van der Waals surface area contributed by atoms with Gasteiger partial charge in [0.25, 0.3) is 0 Å². The minimum Gasteiger partial charge on any atom is -0.444 e. The quantitative estimate of drug-likeness (QED) is 0.697. The van der Waals surface area contributed by atoms with Gasteiger partial charge >= 0.3 is 6.09 Å². The average Bonchev–Trinajstić information content (AvgIpc) is 2.63. The molecule has 0 radical (unpaired) electrons. The van der Waals surface area contributed by atoms with Crippen LogP contribution >= 0.6 is 22.6 Å². The molecule has 0 aliphatic carbocycles. The van der Waals surface area contributed by atoms with E-state index in [1.807, 2.05) is 20.8 Å². The summed E-state index contributed by atoms with van der Waals surface area (Å²) in [4.78, 5) is 13.8. The lowest BCUT2D eigenvalue weighted by Gasteiger charge is -2.47. The maximum Gasteiger partial charge on any atom is 0.410 e. The second-order valence-electron chi connectivity index (χ2n) is 6.66. The molecule has 5 heteroatoms. The van der Waals surface area contributed by atoms with Crippen LogP contribution in [0, 0.1) is 3.57 Å². The van der Waals surface area contributed by atoms with Crippen molar-refractivity contribution in [2.24, 2.45) is 0 Å². The number of nitrogens with one attached hydrogen (secondary N) is 1. The third-order valence-electron chi connectivity index (χ3n) is 3.81. The predicted octanol–water partition coefficient (Wildman–Crippen LogP) is 3.21. The molecule has 1 aromatic carbocycles. The highest BCUT2D eigenvalue weighted by atomic mass is 127. The zero-order valence-corrected chi connectivity index (χ0v) is 14.2. The van der Waals surface area contributed by atoms with Gasteiger partial charge in [-0.05, 0) is 67.1 Å². The second kappa shape index (κ2) is 4.51. The van der Waals surface area contributed by atoms with Crippen molar-refractivity contribution in [2.45, 2.75) is 31.8 Å². The van der Waals surface area contributed by atoms with E-state index in [9.17, 15) is 4.79 Å². The van der Waals surface area contributed by atoms with E-state index in [1.165, 1.54) is 14.8 Å². The second-order valence-corrected chi connectivity index (χ2v) is 7.91. The highest BCUT2D eigenvalue weighted by Gasteiger charge is 2.51. The summed E-state index contributed by atoms with van der Waals surface area (Å²) in [6, 6.07) is 6.46. The molecule has 0 atom stereocenters. The fraction of sp³-hybridized carbons (Fsp3) is 0.533. The number of nitrogens with zero attached hydrogens (tertiary/aromatic N) is 1. The smallest absolute Gasteiger partial charge is 0.410 e. The topological polar surface area (TPSA) is 41.6 Å². The van der Waals surface area contributed by atoms with Gasteiger partial charge in [0.1, 0.15) is 5.60 Å². The van der Waals surface area contributed by atoms with Crippen LogP contribution in [-0.2, 0) is 10.2 Å². The van der Waals surface area contributed by atoms with Crippen LogP contribution in [0.4, 0.5) is 10.5 Å². The van der Waals surface area contributed by atoms with Crippen molar-refractivity contribution < 1.29 is 9.53 Å². The van der Waals surface area contributed by atoms with E-state index < -0.39 is 5.60 Å². The molecule has 2 heterocycles. The molecule has 1 N–H and O–H groups in total. The molecule has 108 valence electrons. The predicted molar refractivity (Wildman–Crippen MR) is 87.1 cm³/mol. The first-order valence-electron chi connectivity index (χ1n) is 6.81. The summed E-state index contributed by atoms with van der Waals surface area (Å²) in [5, 5.41) is 3.45. The van der Waals surface area contributed by atoms with Crippen LogP contribution in [0.15, 0.2) is 18.2 Å². The maximum atomic E-state index is 12.0. The molecule has 0 aromatic heterocycles. The molecular formula is C15H19IN2O2. The lowest BCUT2D eigenvalue weighted by Crippen LogP contribution is -2.62. The molecule has 3 rings (SSSR count). The maximum absolute atomic E-state index is 12.0. The summed E-state index contributed by atoms with van der Waals surface area (Å²) in [7, 11) is 0. The van der Waals surface area contributed by atoms with E-state index in [0.29, 0.717) is 0 Å². The Morgan fingerprint density at radius 2 is 2.10 bits per heavy atom. The number of carbonyl (C=O) groups is 1. The first kappa shape index (κ1) is 14.0. The normalized spacial score (nSPS) is 19.3. The third kappa shape index (κ3) is 2.36. The van der Waals surface area contributed by atoms with E-state index >= 15 is 0 Å². The fourth-order valence-corrected chi connectivity index (χ4v) is 3.38. The summed E-state index contributed by atoms with van der Waals surface area (Å²) in [6.07, 6.45) is -0.206. The van der Waals surface area contributed by atoms with Gasteiger partial charge in [-0.25, -0.2) is 4.79 Å². The molecule has 1 saturated heterocycles. The minimum absolute atomic E-state index is 0.0768. The summed E-state index contributed by atoms with van der Waals surface area (Å²) in [6.45, 7) is 8.07. The number of fused-ring (bicyclic) bond motifs is 2. The molecule has 1 fully saturated rings. The Labute approximate surface area is 133 Å². The molecule has 20 heavy (non-hydrogen) atoms. The molecule has 0 bridgehead atoms. The van der Waals surface area contributed by atoms with Gasteiger partial charge in [-0.15, -0.1) is 0 Å². The number of rotatable bonds is 0. The molecular weight excluding hydrogens is 367 g/mol. The van der Waals surface area contributed by atoms with Crippen molar-refractivity contribution in [3.63, 3.8) is 0 Å². The van der Waals surface area contributed by atoms with Gasteiger partial charge in [0.15, 0.2) is 0 Å². The van der Waals surface area contributed by atoms with Crippen molar-refractivity contribution in [1.29, 1.82) is 0 Å². The first-order chi connectivity index (χ1) is 9.29. The highest BCUT2D eigenvalue weighted by Crippen LogP contribution is 2.44. The molecule has 1 spiro atoms. The van der Waals surface area contributed by atoms with E-state index in [4.69, 9.17) is 4.74 Å². The third-order valence-corrected chi connectivity index (χ3v) is 4.48. The minimum atomic E-state index is -0.430. The van der Waals surface area contributed by atoms with Gasteiger partial charge in [0.2, 0.25) is 0 Å². The summed E-state index contributed by atoms with van der Waals surface area (Å²) >= 11 is 2.33. The Hall–Kier alpha value is -0.980. The van der Waals surface area contributed by atoms with Crippen LogP contribution in [0.25, 0.3) is 0 Å². The van der Waals surface area contributed by atoms with Crippen molar-refractivity contribution in [3.05, 3.63) is 27.3 Å². The van der Waals surface area contributed by atoms with E-state index in [2.05, 4.69) is 46.1 Å². The van der Waals surface area contributed by atoms with Crippen LogP contribution in [-0.4, -0.2) is 36.2 Å². The highest BCUT2D eigenvalue weighted by molar-refractivity contribution is 14.1. The molecule has 2 aliphatic rings. The number of hydrogen-bond acceptors (Lipinski definition) is 3. The summed E-state index contributed by atoms with van der Waals surface area (Å²) in [5.41, 5.74) is 2.19. The van der Waals surface area contributed by atoms with E-state index in [-0.39, 0.29) is 11.5 Å². The Morgan fingerprint density at radius 1 is 1.40 bits per heavy atom. The average molecular weight is 386 g/mol. The SMILES string of the molecule is CC(C)(C)OC(=O)N1CC2(CNc3ccc(I)cc32)C1. The fourth-order valence-electron chi connectivity index (χ4n) is 2.89. The van der Waals surface area contributed by atoms with Gasteiger partial charge in [-0.1, -0.05) is 0 Å². The molecule has 1 aromatic rings. The molecule has 2 aliphatic heterocycles. The number of benzene rings is 1. The van der Waals surface area contributed by atoms with E-state index in [0.717, 1.165) is 19.6 Å². The van der Waals surface area contributed by atoms with Crippen LogP contribution in [0.2, 0.25) is 0 Å². The lowest BCUT2D eigenvalue weighted by molar-refractivity contribution is -0.00628. The van der Waals surface area contributed by atoms with Crippen molar-refractivity contribution in [3.8, 4) is 0 Å². The molecule has 4 nitrogen and oxygen atoms in total. The standard InChI is InChI=1S/C15H19IN2O2/c1-14(2,3)20-13(19)18-8-15(9-18)7-17-12-5-4-10(16)6-11(12)15/h4-6,17H,7-9H2,1-3H3. The number of carbonyl (C=O) groups excluding carboxylic acids is 1. The number of likely N-dealkylation sites (tertiary alicyclic amines) is 1. The Bertz CT molecular complexity index is 559. The van der Waals surface area contributed by atoms with Crippen LogP contribution < -0.4 is 5.32 Å². The largest absolute Gasteiger partial charge is 0.444 e. The van der Waals surface area contributed by atoms with E-state index in [1.54, 1.807) is 4.90 Å². The van der Waals surface area contributed by atoms with Crippen LogP contribution in [0.5, 0.6) is 0 Å². The zero-order chi connectivity index (χ0) is 14.5. The van der Waals surface area contributed by atoms with Crippen LogP contribution in [0.1, 0.15) is 26.3 Å². The van der Waals surface area contributed by atoms with Crippen molar-refractivity contribution >= 4 is 34.4 Å². The monoisotopic (exact) mass is 386 g/mol. The summed E-state index contributed by atoms with van der Waals surface area (Å²) < 4.78 is 6.66. The van der Waals surface area contributed by atoms with Gasteiger partial charge in [0.05, 0.1) is 5.41 Å². The van der Waals surface area contributed by atoms with Crippen molar-refractivity contribution in [1.82, 2.24) is 4.90 Å². The number of amides is 1. The van der Waals surface area contributed by atoms with Crippen molar-refractivity contribution in [2.75, 3.05) is 25.0 Å². The zero-order valence-electron chi connectivity index (χ0n) is 12.0. The Kier molecular flexibility index (Phi) is 3.15. The molecule has 0 unspecified atom stereocenters. The van der Waals surface area contributed by atoms with Gasteiger partial charge < -0.3 is 15.0 Å². The van der Waals surface area contributed by atoms with Gasteiger partial charge in [-0.3, -0.25) is 0 Å². The number of ether oxygens (including phenoxy) is 1. The summed E-state index contributed by atoms with van der Waals surface area (Å²) in [5.74, 6) is 0. The number of halogens is 1. The number of anilines is 1.